The molecule has 3 nitrogen and oxygen atoms in total. The zero-order valence-electron chi connectivity index (χ0n) is 11.4. The van der Waals surface area contributed by atoms with Gasteiger partial charge < -0.3 is 10.7 Å². The fraction of sp³-hybridized carbons (Fsp3) is 0.400. The van der Waals surface area contributed by atoms with Crippen molar-refractivity contribution in [2.24, 2.45) is 5.73 Å². The smallest absolute Gasteiger partial charge is 0.340 e. The standard InChI is InChI=1S/C15H16F3N3/c16-15(17,18)11-6-2-1-5-10(11)12-9-20-13(21-12)14(19)7-3-4-8-14/h1-2,5-6,9H,3-4,7-8,19H2,(H,20,21). The molecule has 3 N–H and O–H groups in total. The Morgan fingerprint density at radius 3 is 2.48 bits per heavy atom. The first-order valence-corrected chi connectivity index (χ1v) is 6.91. The van der Waals surface area contributed by atoms with Gasteiger partial charge in [0.1, 0.15) is 5.82 Å². The van der Waals surface area contributed by atoms with Gasteiger partial charge in [-0.2, -0.15) is 13.2 Å². The van der Waals surface area contributed by atoms with Gasteiger partial charge in [-0.25, -0.2) is 4.98 Å². The van der Waals surface area contributed by atoms with Gasteiger partial charge in [-0.3, -0.25) is 0 Å². The number of H-pyrrole nitrogens is 1. The summed E-state index contributed by atoms with van der Waals surface area (Å²) < 4.78 is 39.2. The maximum absolute atomic E-state index is 13.1. The van der Waals surface area contributed by atoms with Crippen LogP contribution in [-0.2, 0) is 11.7 Å². The number of alkyl halides is 3. The van der Waals surface area contributed by atoms with E-state index < -0.39 is 17.3 Å². The van der Waals surface area contributed by atoms with Gasteiger partial charge in [0, 0.05) is 5.56 Å². The molecule has 1 saturated carbocycles. The van der Waals surface area contributed by atoms with Crippen molar-refractivity contribution in [3.8, 4) is 11.3 Å². The Kier molecular flexibility index (Phi) is 3.28. The van der Waals surface area contributed by atoms with Crippen molar-refractivity contribution < 1.29 is 13.2 Å². The van der Waals surface area contributed by atoms with E-state index in [1.807, 2.05) is 0 Å². The zero-order valence-corrected chi connectivity index (χ0v) is 11.4. The molecule has 0 aliphatic heterocycles. The maximum Gasteiger partial charge on any atom is 0.417 e. The van der Waals surface area contributed by atoms with Gasteiger partial charge >= 0.3 is 6.18 Å². The summed E-state index contributed by atoms with van der Waals surface area (Å²) in [6.07, 6.45) is 0.696. The lowest BCUT2D eigenvalue weighted by atomic mass is 9.98. The van der Waals surface area contributed by atoms with Gasteiger partial charge in [0.25, 0.3) is 0 Å². The van der Waals surface area contributed by atoms with Crippen molar-refractivity contribution in [1.29, 1.82) is 0 Å². The Bertz CT molecular complexity index is 640. The maximum atomic E-state index is 13.1. The van der Waals surface area contributed by atoms with Crippen molar-refractivity contribution in [3.05, 3.63) is 41.9 Å². The summed E-state index contributed by atoms with van der Waals surface area (Å²) in [7, 11) is 0. The van der Waals surface area contributed by atoms with E-state index in [0.717, 1.165) is 31.7 Å². The first kappa shape index (κ1) is 14.1. The highest BCUT2D eigenvalue weighted by atomic mass is 19.4. The normalized spacial score (nSPS) is 18.1. The summed E-state index contributed by atoms with van der Waals surface area (Å²) in [6, 6.07) is 5.48. The van der Waals surface area contributed by atoms with Crippen molar-refractivity contribution in [3.63, 3.8) is 0 Å². The van der Waals surface area contributed by atoms with Crippen LogP contribution in [0.1, 0.15) is 37.1 Å². The molecule has 112 valence electrons. The number of benzene rings is 1. The van der Waals surface area contributed by atoms with Gasteiger partial charge in [-0.15, -0.1) is 0 Å². The van der Waals surface area contributed by atoms with Gasteiger partial charge in [0.2, 0.25) is 0 Å². The number of imidazole rings is 1. The van der Waals surface area contributed by atoms with E-state index in [0.29, 0.717) is 11.5 Å². The average Bonchev–Trinajstić information content (AvgIpc) is 3.07. The molecule has 21 heavy (non-hydrogen) atoms. The molecule has 6 heteroatoms. The Morgan fingerprint density at radius 2 is 1.81 bits per heavy atom. The van der Waals surface area contributed by atoms with Crippen molar-refractivity contribution >= 4 is 0 Å². The second kappa shape index (κ2) is 4.87. The Morgan fingerprint density at radius 1 is 1.14 bits per heavy atom. The number of nitrogens with two attached hydrogens (primary N) is 1. The van der Waals surface area contributed by atoms with Gasteiger partial charge in [-0.1, -0.05) is 31.0 Å². The van der Waals surface area contributed by atoms with Crippen LogP contribution in [0.5, 0.6) is 0 Å². The van der Waals surface area contributed by atoms with Gasteiger partial charge in [-0.05, 0) is 18.9 Å². The molecule has 1 heterocycles. The number of rotatable bonds is 2. The molecule has 1 fully saturated rings. The number of nitrogens with zero attached hydrogens (tertiary/aromatic N) is 1. The van der Waals surface area contributed by atoms with Crippen LogP contribution in [-0.4, -0.2) is 9.97 Å². The lowest BCUT2D eigenvalue weighted by Gasteiger charge is -2.20. The number of halogens is 3. The number of aromatic nitrogens is 2. The molecule has 0 atom stereocenters. The third-order valence-electron chi connectivity index (χ3n) is 4.07. The fourth-order valence-electron chi connectivity index (χ4n) is 2.92. The number of aromatic amines is 1. The molecule has 0 spiro atoms. The van der Waals surface area contributed by atoms with E-state index in [9.17, 15) is 13.2 Å². The van der Waals surface area contributed by atoms with E-state index >= 15 is 0 Å². The number of hydrogen-bond donors (Lipinski definition) is 2. The van der Waals surface area contributed by atoms with Crippen molar-refractivity contribution in [1.82, 2.24) is 9.97 Å². The van der Waals surface area contributed by atoms with Crippen LogP contribution >= 0.6 is 0 Å². The highest BCUT2D eigenvalue weighted by molar-refractivity contribution is 5.64. The first-order valence-electron chi connectivity index (χ1n) is 6.91. The van der Waals surface area contributed by atoms with Crippen molar-refractivity contribution in [2.45, 2.75) is 37.4 Å². The van der Waals surface area contributed by atoms with Crippen LogP contribution in [0.3, 0.4) is 0 Å². The van der Waals surface area contributed by atoms with Gasteiger partial charge in [0.05, 0.1) is 23.0 Å². The van der Waals surface area contributed by atoms with Gasteiger partial charge in [0.15, 0.2) is 0 Å². The van der Waals surface area contributed by atoms with Crippen LogP contribution in [0.25, 0.3) is 11.3 Å². The molecule has 1 aromatic heterocycles. The molecule has 0 amide bonds. The summed E-state index contributed by atoms with van der Waals surface area (Å²) in [5.41, 5.74) is 5.53. The Balaban J connectivity index is 2.01. The van der Waals surface area contributed by atoms with Crippen LogP contribution in [0.2, 0.25) is 0 Å². The molecule has 0 unspecified atom stereocenters. The highest BCUT2D eigenvalue weighted by Gasteiger charge is 2.36. The lowest BCUT2D eigenvalue weighted by molar-refractivity contribution is -0.137. The number of nitrogens with one attached hydrogen (secondary N) is 1. The quantitative estimate of drug-likeness (QED) is 0.885. The topological polar surface area (TPSA) is 54.7 Å². The summed E-state index contributed by atoms with van der Waals surface area (Å²) in [5, 5.41) is 0. The van der Waals surface area contributed by atoms with E-state index in [-0.39, 0.29) is 5.56 Å². The first-order chi connectivity index (χ1) is 9.90. The minimum atomic E-state index is -4.39. The molecule has 0 bridgehead atoms. The van der Waals surface area contributed by atoms with Crippen LogP contribution in [0.15, 0.2) is 30.5 Å². The van der Waals surface area contributed by atoms with Crippen LogP contribution in [0, 0.1) is 0 Å². The fourth-order valence-corrected chi connectivity index (χ4v) is 2.92. The van der Waals surface area contributed by atoms with Crippen LogP contribution in [0.4, 0.5) is 13.2 Å². The van der Waals surface area contributed by atoms with E-state index in [2.05, 4.69) is 9.97 Å². The van der Waals surface area contributed by atoms with Crippen LogP contribution < -0.4 is 5.73 Å². The lowest BCUT2D eigenvalue weighted by Crippen LogP contribution is -2.34. The zero-order chi connectivity index (χ0) is 15.1. The predicted octanol–water partition coefficient (Wildman–Crippen LogP) is 3.82. The predicted molar refractivity (Wildman–Crippen MR) is 73.4 cm³/mol. The summed E-state index contributed by atoms with van der Waals surface area (Å²) in [4.78, 5) is 7.21. The largest absolute Gasteiger partial charge is 0.417 e. The minimum absolute atomic E-state index is 0.102. The highest BCUT2D eigenvalue weighted by Crippen LogP contribution is 2.38. The second-order valence-corrected chi connectivity index (χ2v) is 5.55. The molecule has 0 saturated heterocycles. The molecular weight excluding hydrogens is 279 g/mol. The van der Waals surface area contributed by atoms with E-state index in [1.165, 1.54) is 18.3 Å². The second-order valence-electron chi connectivity index (χ2n) is 5.55. The number of hydrogen-bond acceptors (Lipinski definition) is 2. The average molecular weight is 295 g/mol. The van der Waals surface area contributed by atoms with Crippen molar-refractivity contribution in [2.75, 3.05) is 0 Å². The molecule has 1 aromatic carbocycles. The molecule has 0 radical (unpaired) electrons. The molecule has 1 aliphatic carbocycles. The summed E-state index contributed by atoms with van der Waals surface area (Å²) in [5.74, 6) is 0.576. The molecule has 3 rings (SSSR count). The SMILES string of the molecule is NC1(c2ncc(-c3ccccc3C(F)(F)F)[nH]2)CCCC1. The molecular formula is C15H16F3N3. The molecule has 1 aliphatic rings. The van der Waals surface area contributed by atoms with E-state index in [4.69, 9.17) is 5.73 Å². The minimum Gasteiger partial charge on any atom is -0.340 e. The molecule has 2 aromatic rings. The van der Waals surface area contributed by atoms with E-state index in [1.54, 1.807) is 6.07 Å². The Hall–Kier alpha value is -1.82. The monoisotopic (exact) mass is 295 g/mol. The third-order valence-corrected chi connectivity index (χ3v) is 4.07. The third kappa shape index (κ3) is 2.55. The Labute approximate surface area is 120 Å². The summed E-state index contributed by atoms with van der Waals surface area (Å²) >= 11 is 0. The summed E-state index contributed by atoms with van der Waals surface area (Å²) in [6.45, 7) is 0.